The van der Waals surface area contributed by atoms with Gasteiger partial charge in [0, 0.05) is 12.1 Å². The molecule has 0 aliphatic carbocycles. The molecule has 0 fully saturated rings. The zero-order chi connectivity index (χ0) is 13.7. The van der Waals surface area contributed by atoms with Gasteiger partial charge in [-0.05, 0) is 18.6 Å². The molecule has 2 rings (SSSR count). The Labute approximate surface area is 111 Å². The Morgan fingerprint density at radius 2 is 2.16 bits per heavy atom. The van der Waals surface area contributed by atoms with Crippen LogP contribution in [-0.4, -0.2) is 23.6 Å². The molecule has 0 aliphatic rings. The zero-order valence-corrected chi connectivity index (χ0v) is 11.0. The molecule has 0 bridgehead atoms. The van der Waals surface area contributed by atoms with E-state index in [-0.39, 0.29) is 5.75 Å². The number of benzene rings is 1. The molecule has 0 saturated carbocycles. The number of hydrogen-bond donors (Lipinski definition) is 1. The van der Waals surface area contributed by atoms with E-state index < -0.39 is 5.82 Å². The van der Waals surface area contributed by atoms with Crippen molar-refractivity contribution in [2.24, 2.45) is 0 Å². The van der Waals surface area contributed by atoms with Crippen LogP contribution in [0, 0.1) is 5.82 Å². The first-order valence-electron chi connectivity index (χ1n) is 6.15. The molecular formula is C14H16FN3O. The van der Waals surface area contributed by atoms with Gasteiger partial charge in [0.15, 0.2) is 11.6 Å². The minimum atomic E-state index is -0.424. The van der Waals surface area contributed by atoms with Crippen LogP contribution in [0.5, 0.6) is 5.75 Å². The third-order valence-electron chi connectivity index (χ3n) is 2.65. The number of aromatic nitrogens is 2. The summed E-state index contributed by atoms with van der Waals surface area (Å²) < 4.78 is 19.1. The predicted molar refractivity (Wildman–Crippen MR) is 72.8 cm³/mol. The Bertz CT molecular complexity index is 560. The van der Waals surface area contributed by atoms with Gasteiger partial charge in [-0.1, -0.05) is 13.0 Å². The summed E-state index contributed by atoms with van der Waals surface area (Å²) in [6, 6.07) is 4.96. The molecule has 0 amide bonds. The molecule has 0 spiro atoms. The van der Waals surface area contributed by atoms with Crippen molar-refractivity contribution < 1.29 is 9.13 Å². The number of nitrogens with zero attached hydrogens (tertiary/aromatic N) is 2. The highest BCUT2D eigenvalue weighted by Gasteiger charge is 2.12. The fourth-order valence-electron chi connectivity index (χ4n) is 1.70. The number of halogens is 1. The maximum absolute atomic E-state index is 14.1. The Morgan fingerprint density at radius 1 is 1.32 bits per heavy atom. The van der Waals surface area contributed by atoms with Gasteiger partial charge in [0.1, 0.15) is 5.82 Å². The third-order valence-corrected chi connectivity index (χ3v) is 2.65. The Balaban J connectivity index is 2.36. The van der Waals surface area contributed by atoms with Gasteiger partial charge in [0.2, 0.25) is 0 Å². The maximum atomic E-state index is 14.1. The largest absolute Gasteiger partial charge is 0.494 e. The van der Waals surface area contributed by atoms with Crippen LogP contribution < -0.4 is 10.1 Å². The molecule has 1 aromatic heterocycles. The first-order valence-corrected chi connectivity index (χ1v) is 6.15. The van der Waals surface area contributed by atoms with Crippen LogP contribution in [0.4, 0.5) is 10.2 Å². The molecule has 0 saturated heterocycles. The van der Waals surface area contributed by atoms with Gasteiger partial charge in [0.25, 0.3) is 0 Å². The second kappa shape index (κ2) is 6.13. The second-order valence-corrected chi connectivity index (χ2v) is 4.04. The average Bonchev–Trinajstić information content (AvgIpc) is 2.45. The lowest BCUT2D eigenvalue weighted by molar-refractivity contribution is 0.387. The van der Waals surface area contributed by atoms with Gasteiger partial charge in [-0.25, -0.2) is 9.37 Å². The van der Waals surface area contributed by atoms with Crippen molar-refractivity contribution in [2.45, 2.75) is 13.3 Å². The molecule has 100 valence electrons. The number of hydrogen-bond acceptors (Lipinski definition) is 4. The number of nitrogens with one attached hydrogen (secondary N) is 1. The van der Waals surface area contributed by atoms with Gasteiger partial charge in [-0.2, -0.15) is 0 Å². The molecule has 19 heavy (non-hydrogen) atoms. The predicted octanol–water partition coefficient (Wildman–Crippen LogP) is 3.11. The minimum absolute atomic E-state index is 0.200. The van der Waals surface area contributed by atoms with Crippen LogP contribution >= 0.6 is 0 Å². The molecule has 5 heteroatoms. The summed E-state index contributed by atoms with van der Waals surface area (Å²) in [6.07, 6.45) is 4.14. The summed E-state index contributed by atoms with van der Waals surface area (Å²) in [5, 5.41) is 3.13. The smallest absolute Gasteiger partial charge is 0.174 e. The number of ether oxygens (including phenoxy) is 1. The first-order chi connectivity index (χ1) is 9.26. The van der Waals surface area contributed by atoms with E-state index in [4.69, 9.17) is 4.74 Å². The molecule has 0 aliphatic heterocycles. The quantitative estimate of drug-likeness (QED) is 0.898. The molecule has 0 atom stereocenters. The average molecular weight is 261 g/mol. The van der Waals surface area contributed by atoms with E-state index in [1.807, 2.05) is 0 Å². The standard InChI is InChI=1S/C14H16FN3O/c1-3-7-17-13-9-16-8-11(18-13)10-5-4-6-12(19-2)14(10)15/h4-6,8-9H,3,7H2,1-2H3,(H,17,18). The van der Waals surface area contributed by atoms with Crippen LogP contribution in [0.15, 0.2) is 30.6 Å². The fraction of sp³-hybridized carbons (Fsp3) is 0.286. The zero-order valence-electron chi connectivity index (χ0n) is 11.0. The fourth-order valence-corrected chi connectivity index (χ4v) is 1.70. The molecule has 1 heterocycles. The number of anilines is 1. The molecule has 4 nitrogen and oxygen atoms in total. The van der Waals surface area contributed by atoms with E-state index in [2.05, 4.69) is 22.2 Å². The van der Waals surface area contributed by atoms with Crippen molar-refractivity contribution in [1.82, 2.24) is 9.97 Å². The van der Waals surface area contributed by atoms with E-state index >= 15 is 0 Å². The van der Waals surface area contributed by atoms with Crippen molar-refractivity contribution in [2.75, 3.05) is 19.0 Å². The van der Waals surface area contributed by atoms with Crippen molar-refractivity contribution in [3.05, 3.63) is 36.4 Å². The van der Waals surface area contributed by atoms with Crippen molar-refractivity contribution in [3.8, 4) is 17.0 Å². The topological polar surface area (TPSA) is 47.0 Å². The van der Waals surface area contributed by atoms with Gasteiger partial charge in [-0.3, -0.25) is 4.98 Å². The van der Waals surface area contributed by atoms with Crippen LogP contribution in [0.2, 0.25) is 0 Å². The Hall–Kier alpha value is -2.17. The lowest BCUT2D eigenvalue weighted by Crippen LogP contribution is -2.03. The van der Waals surface area contributed by atoms with Crippen LogP contribution in [0.1, 0.15) is 13.3 Å². The van der Waals surface area contributed by atoms with E-state index in [0.29, 0.717) is 17.1 Å². The third kappa shape index (κ3) is 2.99. The number of methoxy groups -OCH3 is 1. The van der Waals surface area contributed by atoms with Crippen molar-refractivity contribution in [1.29, 1.82) is 0 Å². The van der Waals surface area contributed by atoms with Crippen LogP contribution in [0.25, 0.3) is 11.3 Å². The lowest BCUT2D eigenvalue weighted by Gasteiger charge is -2.08. The van der Waals surface area contributed by atoms with Crippen molar-refractivity contribution in [3.63, 3.8) is 0 Å². The summed E-state index contributed by atoms with van der Waals surface area (Å²) >= 11 is 0. The normalized spacial score (nSPS) is 10.3. The Morgan fingerprint density at radius 3 is 2.89 bits per heavy atom. The van der Waals surface area contributed by atoms with Gasteiger partial charge in [-0.15, -0.1) is 0 Å². The van der Waals surface area contributed by atoms with Crippen LogP contribution in [-0.2, 0) is 0 Å². The van der Waals surface area contributed by atoms with Gasteiger partial charge >= 0.3 is 0 Å². The van der Waals surface area contributed by atoms with E-state index in [1.54, 1.807) is 24.4 Å². The van der Waals surface area contributed by atoms with E-state index in [1.165, 1.54) is 13.3 Å². The molecule has 1 N–H and O–H groups in total. The molecule has 0 unspecified atom stereocenters. The molecule has 1 aromatic carbocycles. The Kier molecular flexibility index (Phi) is 4.28. The SMILES string of the molecule is CCCNc1cncc(-c2cccc(OC)c2F)n1. The molecule has 2 aromatic rings. The van der Waals surface area contributed by atoms with E-state index in [0.717, 1.165) is 13.0 Å². The molecular weight excluding hydrogens is 245 g/mol. The first kappa shape index (κ1) is 13.3. The maximum Gasteiger partial charge on any atom is 0.174 e. The summed E-state index contributed by atoms with van der Waals surface area (Å²) in [5.74, 6) is 0.416. The summed E-state index contributed by atoms with van der Waals surface area (Å²) in [4.78, 5) is 8.43. The minimum Gasteiger partial charge on any atom is -0.494 e. The summed E-state index contributed by atoms with van der Waals surface area (Å²) in [6.45, 7) is 2.87. The van der Waals surface area contributed by atoms with Crippen LogP contribution in [0.3, 0.4) is 0 Å². The van der Waals surface area contributed by atoms with E-state index in [9.17, 15) is 4.39 Å². The monoisotopic (exact) mass is 261 g/mol. The second-order valence-electron chi connectivity index (χ2n) is 4.04. The summed E-state index contributed by atoms with van der Waals surface area (Å²) in [7, 11) is 1.44. The highest BCUT2D eigenvalue weighted by atomic mass is 19.1. The van der Waals surface area contributed by atoms with Crippen molar-refractivity contribution >= 4 is 5.82 Å². The van der Waals surface area contributed by atoms with Gasteiger partial charge < -0.3 is 10.1 Å². The van der Waals surface area contributed by atoms with Gasteiger partial charge in [0.05, 0.1) is 25.2 Å². The highest BCUT2D eigenvalue weighted by Crippen LogP contribution is 2.27. The lowest BCUT2D eigenvalue weighted by atomic mass is 10.1. The molecule has 0 radical (unpaired) electrons. The highest BCUT2D eigenvalue weighted by molar-refractivity contribution is 5.63. The number of rotatable bonds is 5. The summed E-state index contributed by atoms with van der Waals surface area (Å²) in [5.41, 5.74) is 0.865.